The van der Waals surface area contributed by atoms with E-state index in [-0.39, 0.29) is 0 Å². The van der Waals surface area contributed by atoms with Crippen LogP contribution in [0.1, 0.15) is 5.56 Å². The molecule has 0 saturated carbocycles. The topological polar surface area (TPSA) is 22.1 Å². The largest absolute Gasteiger partial charge is 0.497 e. The summed E-state index contributed by atoms with van der Waals surface area (Å²) in [6.07, 6.45) is 1.71. The van der Waals surface area contributed by atoms with E-state index in [1.165, 1.54) is 0 Å². The molecule has 0 aliphatic rings. The van der Waals surface area contributed by atoms with Crippen LogP contribution >= 0.6 is 11.6 Å². The number of hydrogen-bond acceptors (Lipinski definition) is 2. The quantitative estimate of drug-likeness (QED) is 0.738. The van der Waals surface area contributed by atoms with E-state index in [2.05, 4.69) is 4.98 Å². The Morgan fingerprint density at radius 3 is 2.38 bits per heavy atom. The van der Waals surface area contributed by atoms with Crippen molar-refractivity contribution in [1.82, 2.24) is 4.98 Å². The van der Waals surface area contributed by atoms with E-state index in [4.69, 9.17) is 16.3 Å². The summed E-state index contributed by atoms with van der Waals surface area (Å²) in [4.78, 5) is 4.09. The van der Waals surface area contributed by atoms with Crippen LogP contribution in [0.4, 0.5) is 0 Å². The van der Waals surface area contributed by atoms with Crippen LogP contribution in [0.3, 0.4) is 0 Å². The Balaban J connectivity index is 2.50. The van der Waals surface area contributed by atoms with E-state index >= 15 is 0 Å². The van der Waals surface area contributed by atoms with Crippen molar-refractivity contribution in [3.05, 3.63) is 47.2 Å². The second kappa shape index (κ2) is 4.54. The van der Waals surface area contributed by atoms with Crippen LogP contribution in [0.2, 0.25) is 5.15 Å². The molecule has 3 heteroatoms. The fourth-order valence-electron chi connectivity index (χ4n) is 1.63. The first-order chi connectivity index (χ1) is 7.72. The molecule has 0 N–H and O–H groups in total. The number of aryl methyl sites for hydroxylation is 1. The van der Waals surface area contributed by atoms with Gasteiger partial charge in [-0.1, -0.05) is 23.7 Å². The Morgan fingerprint density at radius 2 is 1.81 bits per heavy atom. The maximum Gasteiger partial charge on any atom is 0.137 e. The van der Waals surface area contributed by atoms with Crippen LogP contribution in [0.25, 0.3) is 11.1 Å². The Morgan fingerprint density at radius 1 is 1.12 bits per heavy atom. The van der Waals surface area contributed by atoms with Crippen LogP contribution in [0.5, 0.6) is 5.75 Å². The lowest BCUT2D eigenvalue weighted by molar-refractivity contribution is 0.415. The van der Waals surface area contributed by atoms with Crippen molar-refractivity contribution in [2.45, 2.75) is 6.92 Å². The zero-order valence-electron chi connectivity index (χ0n) is 9.20. The standard InChI is InChI=1S/C13H12ClNO/c1-9-7-8-15-13(14)12(9)10-3-5-11(16-2)6-4-10/h3-8H,1-2H3. The molecule has 0 aliphatic carbocycles. The molecule has 0 atom stereocenters. The lowest BCUT2D eigenvalue weighted by atomic mass is 10.0. The molecule has 1 aromatic carbocycles. The summed E-state index contributed by atoms with van der Waals surface area (Å²) >= 11 is 6.10. The summed E-state index contributed by atoms with van der Waals surface area (Å²) in [5.74, 6) is 0.835. The number of hydrogen-bond donors (Lipinski definition) is 0. The molecule has 0 unspecified atom stereocenters. The molecule has 2 aromatic rings. The molecule has 0 amide bonds. The summed E-state index contributed by atoms with van der Waals surface area (Å²) in [6, 6.07) is 9.74. The fourth-order valence-corrected chi connectivity index (χ4v) is 1.94. The first-order valence-electron chi connectivity index (χ1n) is 4.98. The molecule has 2 nitrogen and oxygen atoms in total. The highest BCUT2D eigenvalue weighted by Gasteiger charge is 2.07. The van der Waals surface area contributed by atoms with Crippen LogP contribution in [0, 0.1) is 6.92 Å². The third-order valence-electron chi connectivity index (χ3n) is 2.49. The molecule has 82 valence electrons. The molecular weight excluding hydrogens is 222 g/mol. The van der Waals surface area contributed by atoms with E-state index < -0.39 is 0 Å². The Kier molecular flexibility index (Phi) is 3.11. The normalized spacial score (nSPS) is 10.2. The molecule has 0 bridgehead atoms. The number of methoxy groups -OCH3 is 1. The van der Waals surface area contributed by atoms with Gasteiger partial charge < -0.3 is 4.74 Å². The summed E-state index contributed by atoms with van der Waals surface area (Å²) in [7, 11) is 1.65. The molecule has 0 saturated heterocycles. The number of benzene rings is 1. The van der Waals surface area contributed by atoms with E-state index in [1.54, 1.807) is 13.3 Å². The van der Waals surface area contributed by atoms with Gasteiger partial charge in [0.1, 0.15) is 10.9 Å². The molecule has 0 radical (unpaired) electrons. The van der Waals surface area contributed by atoms with Crippen molar-refractivity contribution in [1.29, 1.82) is 0 Å². The van der Waals surface area contributed by atoms with Crippen molar-refractivity contribution in [3.8, 4) is 16.9 Å². The van der Waals surface area contributed by atoms with Gasteiger partial charge in [0.05, 0.1) is 7.11 Å². The molecule has 1 aromatic heterocycles. The summed E-state index contributed by atoms with van der Waals surface area (Å²) < 4.78 is 5.12. The van der Waals surface area contributed by atoms with Gasteiger partial charge in [0, 0.05) is 11.8 Å². The number of aromatic nitrogens is 1. The van der Waals surface area contributed by atoms with Crippen molar-refractivity contribution in [2.24, 2.45) is 0 Å². The van der Waals surface area contributed by atoms with Gasteiger partial charge in [0.25, 0.3) is 0 Å². The van der Waals surface area contributed by atoms with Gasteiger partial charge in [-0.25, -0.2) is 4.98 Å². The zero-order valence-corrected chi connectivity index (χ0v) is 9.95. The second-order valence-electron chi connectivity index (χ2n) is 3.52. The monoisotopic (exact) mass is 233 g/mol. The highest BCUT2D eigenvalue weighted by Crippen LogP contribution is 2.30. The second-order valence-corrected chi connectivity index (χ2v) is 3.88. The van der Waals surface area contributed by atoms with Gasteiger partial charge in [-0.3, -0.25) is 0 Å². The van der Waals surface area contributed by atoms with Gasteiger partial charge in [-0.15, -0.1) is 0 Å². The lowest BCUT2D eigenvalue weighted by Crippen LogP contribution is -1.88. The third-order valence-corrected chi connectivity index (χ3v) is 2.78. The molecule has 0 aliphatic heterocycles. The van der Waals surface area contributed by atoms with Crippen LogP contribution in [-0.4, -0.2) is 12.1 Å². The van der Waals surface area contributed by atoms with Crippen molar-refractivity contribution < 1.29 is 4.74 Å². The number of halogens is 1. The molecule has 1 heterocycles. The van der Waals surface area contributed by atoms with E-state index in [1.807, 2.05) is 37.3 Å². The smallest absolute Gasteiger partial charge is 0.137 e. The van der Waals surface area contributed by atoms with Crippen LogP contribution in [-0.2, 0) is 0 Å². The minimum absolute atomic E-state index is 0.533. The molecule has 0 fully saturated rings. The third kappa shape index (κ3) is 2.02. The van der Waals surface area contributed by atoms with Crippen LogP contribution < -0.4 is 4.74 Å². The lowest BCUT2D eigenvalue weighted by Gasteiger charge is -2.08. The highest BCUT2D eigenvalue weighted by molar-refractivity contribution is 6.32. The minimum Gasteiger partial charge on any atom is -0.497 e. The average Bonchev–Trinajstić information content (AvgIpc) is 2.30. The average molecular weight is 234 g/mol. The highest BCUT2D eigenvalue weighted by atomic mass is 35.5. The van der Waals surface area contributed by atoms with E-state index in [0.717, 1.165) is 22.4 Å². The number of pyridine rings is 1. The van der Waals surface area contributed by atoms with Gasteiger partial charge in [-0.05, 0) is 36.2 Å². The predicted octanol–water partition coefficient (Wildman–Crippen LogP) is 3.72. The summed E-state index contributed by atoms with van der Waals surface area (Å²) in [6.45, 7) is 2.02. The first kappa shape index (κ1) is 11.0. The molecule has 16 heavy (non-hydrogen) atoms. The van der Waals surface area contributed by atoms with E-state index in [9.17, 15) is 0 Å². The maximum atomic E-state index is 6.10. The van der Waals surface area contributed by atoms with Crippen molar-refractivity contribution in [2.75, 3.05) is 7.11 Å². The summed E-state index contributed by atoms with van der Waals surface area (Å²) in [5.41, 5.74) is 3.15. The Bertz CT molecular complexity index is 474. The van der Waals surface area contributed by atoms with Gasteiger partial charge in [0.2, 0.25) is 0 Å². The van der Waals surface area contributed by atoms with Gasteiger partial charge >= 0.3 is 0 Å². The minimum atomic E-state index is 0.533. The SMILES string of the molecule is COc1ccc(-c2c(C)ccnc2Cl)cc1. The molecule has 0 spiro atoms. The Labute approximate surface area is 99.9 Å². The first-order valence-corrected chi connectivity index (χ1v) is 5.35. The molecule has 2 rings (SSSR count). The number of nitrogens with zero attached hydrogens (tertiary/aromatic N) is 1. The van der Waals surface area contributed by atoms with Crippen molar-refractivity contribution in [3.63, 3.8) is 0 Å². The summed E-state index contributed by atoms with van der Waals surface area (Å²) in [5, 5.41) is 0.533. The predicted molar refractivity (Wildman–Crippen MR) is 66.0 cm³/mol. The number of rotatable bonds is 2. The number of ether oxygens (including phenoxy) is 1. The molecular formula is C13H12ClNO. The zero-order chi connectivity index (χ0) is 11.5. The van der Waals surface area contributed by atoms with Crippen LogP contribution in [0.15, 0.2) is 36.5 Å². The van der Waals surface area contributed by atoms with Gasteiger partial charge in [-0.2, -0.15) is 0 Å². The Hall–Kier alpha value is -1.54. The fraction of sp³-hybridized carbons (Fsp3) is 0.154. The maximum absolute atomic E-state index is 6.10. The van der Waals surface area contributed by atoms with E-state index in [0.29, 0.717) is 5.15 Å². The van der Waals surface area contributed by atoms with Crippen molar-refractivity contribution >= 4 is 11.6 Å². The van der Waals surface area contributed by atoms with Gasteiger partial charge in [0.15, 0.2) is 0 Å².